The summed E-state index contributed by atoms with van der Waals surface area (Å²) in [5.41, 5.74) is 1.94. The molecule has 2 unspecified atom stereocenters. The fraction of sp³-hybridized carbons (Fsp3) is 0.333. The maximum Gasteiger partial charge on any atom is 0.228 e. The van der Waals surface area contributed by atoms with Gasteiger partial charge in [-0.3, -0.25) is 9.20 Å². The van der Waals surface area contributed by atoms with Crippen LogP contribution in [0.3, 0.4) is 0 Å². The van der Waals surface area contributed by atoms with Crippen LogP contribution in [-0.4, -0.2) is 39.4 Å². The van der Waals surface area contributed by atoms with Crippen molar-refractivity contribution in [2.45, 2.75) is 25.6 Å². The molecule has 124 valence electrons. The Morgan fingerprint density at radius 1 is 1.33 bits per heavy atom. The number of hydrogen-bond donors (Lipinski definition) is 0. The van der Waals surface area contributed by atoms with E-state index in [2.05, 4.69) is 17.1 Å². The van der Waals surface area contributed by atoms with Gasteiger partial charge in [0, 0.05) is 24.3 Å². The minimum atomic E-state index is -0.0654. The summed E-state index contributed by atoms with van der Waals surface area (Å²) >= 11 is 1.58. The summed E-state index contributed by atoms with van der Waals surface area (Å²) in [4.78, 5) is 20.0. The molecule has 6 heteroatoms. The van der Waals surface area contributed by atoms with Crippen molar-refractivity contribution < 1.29 is 9.53 Å². The van der Waals surface area contributed by atoms with Crippen LogP contribution in [0.4, 0.5) is 0 Å². The Bertz CT molecular complexity index is 814. The summed E-state index contributed by atoms with van der Waals surface area (Å²) in [5, 5.41) is 1.99. The lowest BCUT2D eigenvalue weighted by atomic mass is 10.1. The molecule has 4 rings (SSSR count). The average Bonchev–Trinajstić information content (AvgIpc) is 3.16. The van der Waals surface area contributed by atoms with E-state index >= 15 is 0 Å². The van der Waals surface area contributed by atoms with Crippen molar-refractivity contribution in [2.75, 3.05) is 13.1 Å². The molecule has 2 atom stereocenters. The van der Waals surface area contributed by atoms with Crippen LogP contribution in [0.1, 0.15) is 24.3 Å². The number of benzene rings is 1. The minimum absolute atomic E-state index is 0.0263. The standard InChI is InChI=1S/C18H19N3O2S/c1-13-10-21(12-16(23-13)14-5-3-2-4-6-14)17(22)9-15-11-20-7-8-24-18(20)19-15/h2-8,11,13,16H,9-10,12H2,1H3. The van der Waals surface area contributed by atoms with E-state index in [1.165, 1.54) is 0 Å². The molecule has 3 heterocycles. The first-order chi connectivity index (χ1) is 11.7. The highest BCUT2D eigenvalue weighted by Gasteiger charge is 2.29. The van der Waals surface area contributed by atoms with E-state index in [-0.39, 0.29) is 18.1 Å². The highest BCUT2D eigenvalue weighted by Crippen LogP contribution is 2.25. The highest BCUT2D eigenvalue weighted by molar-refractivity contribution is 7.15. The topological polar surface area (TPSA) is 46.8 Å². The average molecular weight is 341 g/mol. The number of amides is 1. The largest absolute Gasteiger partial charge is 0.367 e. The molecule has 0 aliphatic carbocycles. The van der Waals surface area contributed by atoms with E-state index < -0.39 is 0 Å². The van der Waals surface area contributed by atoms with Crippen LogP contribution >= 0.6 is 11.3 Å². The van der Waals surface area contributed by atoms with Crippen LogP contribution in [0.2, 0.25) is 0 Å². The molecule has 1 fully saturated rings. The smallest absolute Gasteiger partial charge is 0.228 e. The van der Waals surface area contributed by atoms with E-state index in [0.29, 0.717) is 19.5 Å². The molecule has 1 saturated heterocycles. The maximum absolute atomic E-state index is 12.7. The molecule has 5 nitrogen and oxygen atoms in total. The Morgan fingerprint density at radius 3 is 2.96 bits per heavy atom. The van der Waals surface area contributed by atoms with E-state index in [1.54, 1.807) is 11.3 Å². The van der Waals surface area contributed by atoms with Crippen molar-refractivity contribution in [1.29, 1.82) is 0 Å². The summed E-state index contributed by atoms with van der Waals surface area (Å²) in [6.07, 6.45) is 4.19. The molecule has 1 aromatic carbocycles. The zero-order chi connectivity index (χ0) is 16.5. The zero-order valence-electron chi connectivity index (χ0n) is 13.5. The van der Waals surface area contributed by atoms with Crippen molar-refractivity contribution in [3.63, 3.8) is 0 Å². The van der Waals surface area contributed by atoms with Gasteiger partial charge in [-0.15, -0.1) is 11.3 Å². The summed E-state index contributed by atoms with van der Waals surface area (Å²) in [7, 11) is 0. The fourth-order valence-electron chi connectivity index (χ4n) is 3.13. The van der Waals surface area contributed by atoms with Crippen molar-refractivity contribution in [2.24, 2.45) is 0 Å². The van der Waals surface area contributed by atoms with Gasteiger partial charge in [-0.05, 0) is 12.5 Å². The quantitative estimate of drug-likeness (QED) is 0.736. The lowest BCUT2D eigenvalue weighted by Gasteiger charge is -2.37. The predicted octanol–water partition coefficient (Wildman–Crippen LogP) is 2.93. The molecular weight excluding hydrogens is 322 g/mol. The van der Waals surface area contributed by atoms with E-state index in [0.717, 1.165) is 16.2 Å². The first-order valence-corrected chi connectivity index (χ1v) is 8.96. The number of hydrogen-bond acceptors (Lipinski definition) is 4. The Morgan fingerprint density at radius 2 is 2.17 bits per heavy atom. The van der Waals surface area contributed by atoms with Crippen molar-refractivity contribution >= 4 is 22.2 Å². The lowest BCUT2D eigenvalue weighted by molar-refractivity contribution is -0.144. The third-order valence-corrected chi connectivity index (χ3v) is 5.03. The highest BCUT2D eigenvalue weighted by atomic mass is 32.1. The van der Waals surface area contributed by atoms with Crippen LogP contribution in [0.15, 0.2) is 48.1 Å². The first kappa shape index (κ1) is 15.4. The predicted molar refractivity (Wildman–Crippen MR) is 93.1 cm³/mol. The summed E-state index contributed by atoms with van der Waals surface area (Å²) in [6.45, 7) is 3.24. The molecule has 0 N–H and O–H groups in total. The lowest BCUT2D eigenvalue weighted by Crippen LogP contribution is -2.46. The zero-order valence-corrected chi connectivity index (χ0v) is 14.3. The van der Waals surface area contributed by atoms with Gasteiger partial charge in [-0.25, -0.2) is 4.98 Å². The molecule has 1 aliphatic heterocycles. The molecule has 0 bridgehead atoms. The monoisotopic (exact) mass is 341 g/mol. The first-order valence-electron chi connectivity index (χ1n) is 8.08. The third-order valence-electron chi connectivity index (χ3n) is 4.26. The summed E-state index contributed by atoms with van der Waals surface area (Å²) in [5.74, 6) is 0.108. The van der Waals surface area contributed by atoms with E-state index in [1.807, 2.05) is 52.2 Å². The molecule has 0 radical (unpaired) electrons. The number of imidazole rings is 1. The van der Waals surface area contributed by atoms with Crippen LogP contribution in [0.25, 0.3) is 4.96 Å². The van der Waals surface area contributed by atoms with Gasteiger partial charge in [-0.2, -0.15) is 0 Å². The number of ether oxygens (including phenoxy) is 1. The van der Waals surface area contributed by atoms with Crippen molar-refractivity contribution in [1.82, 2.24) is 14.3 Å². The molecule has 0 spiro atoms. The number of thiazole rings is 1. The second-order valence-electron chi connectivity index (χ2n) is 6.15. The van der Waals surface area contributed by atoms with Gasteiger partial charge >= 0.3 is 0 Å². The number of nitrogens with zero attached hydrogens (tertiary/aromatic N) is 3. The molecular formula is C18H19N3O2S. The van der Waals surface area contributed by atoms with Gasteiger partial charge in [0.05, 0.1) is 24.8 Å². The van der Waals surface area contributed by atoms with Gasteiger partial charge in [0.2, 0.25) is 5.91 Å². The molecule has 0 saturated carbocycles. The van der Waals surface area contributed by atoms with Crippen LogP contribution < -0.4 is 0 Å². The van der Waals surface area contributed by atoms with Crippen molar-refractivity contribution in [3.8, 4) is 0 Å². The van der Waals surface area contributed by atoms with E-state index in [9.17, 15) is 4.79 Å². The van der Waals surface area contributed by atoms with Gasteiger partial charge < -0.3 is 9.64 Å². The maximum atomic E-state index is 12.7. The van der Waals surface area contributed by atoms with Crippen LogP contribution in [-0.2, 0) is 16.0 Å². The number of carbonyl (C=O) groups excluding carboxylic acids is 1. The van der Waals surface area contributed by atoms with Gasteiger partial charge in [-0.1, -0.05) is 30.3 Å². The number of aromatic nitrogens is 2. The van der Waals surface area contributed by atoms with E-state index in [4.69, 9.17) is 4.74 Å². The number of morpholine rings is 1. The number of fused-ring (bicyclic) bond motifs is 1. The molecule has 3 aromatic rings. The Balaban J connectivity index is 1.47. The Kier molecular flexibility index (Phi) is 4.08. The van der Waals surface area contributed by atoms with Gasteiger partial charge in [0.15, 0.2) is 4.96 Å². The second-order valence-corrected chi connectivity index (χ2v) is 7.02. The van der Waals surface area contributed by atoms with Gasteiger partial charge in [0.25, 0.3) is 0 Å². The SMILES string of the molecule is CC1CN(C(=O)Cc2cn3ccsc3n2)CC(c2ccccc2)O1. The second kappa shape index (κ2) is 6.37. The summed E-state index contributed by atoms with van der Waals surface area (Å²) in [6, 6.07) is 10.1. The third kappa shape index (κ3) is 3.07. The Hall–Kier alpha value is -2.18. The normalized spacial score (nSPS) is 21.3. The van der Waals surface area contributed by atoms with Crippen LogP contribution in [0, 0.1) is 0 Å². The van der Waals surface area contributed by atoms with Gasteiger partial charge in [0.1, 0.15) is 6.10 Å². The Labute approximate surface area is 144 Å². The number of carbonyl (C=O) groups is 1. The fourth-order valence-corrected chi connectivity index (χ4v) is 3.85. The van der Waals surface area contributed by atoms with Crippen molar-refractivity contribution in [3.05, 3.63) is 59.4 Å². The molecule has 1 aliphatic rings. The van der Waals surface area contributed by atoms with Crippen LogP contribution in [0.5, 0.6) is 0 Å². The minimum Gasteiger partial charge on any atom is -0.367 e. The molecule has 1 amide bonds. The molecule has 24 heavy (non-hydrogen) atoms. The summed E-state index contributed by atoms with van der Waals surface area (Å²) < 4.78 is 7.99. The number of rotatable bonds is 3. The molecule has 2 aromatic heterocycles.